The van der Waals surface area contributed by atoms with E-state index in [1.165, 1.54) is 11.8 Å². The molecule has 1 aliphatic heterocycles. The van der Waals surface area contributed by atoms with Gasteiger partial charge in [0, 0.05) is 55.2 Å². The van der Waals surface area contributed by atoms with Gasteiger partial charge in [0.2, 0.25) is 0 Å². The predicted molar refractivity (Wildman–Crippen MR) is 131 cm³/mol. The van der Waals surface area contributed by atoms with E-state index in [2.05, 4.69) is 44.3 Å². The summed E-state index contributed by atoms with van der Waals surface area (Å²) in [5.41, 5.74) is 3.18. The van der Waals surface area contributed by atoms with Gasteiger partial charge in [0.05, 0.1) is 6.61 Å². The quantitative estimate of drug-likeness (QED) is 0.516. The van der Waals surface area contributed by atoms with E-state index in [1.54, 1.807) is 19.1 Å². The number of ether oxygens (including phenoxy) is 1. The summed E-state index contributed by atoms with van der Waals surface area (Å²) >= 11 is 6.00. The number of nitrogens with zero attached hydrogens (tertiary/aromatic N) is 4. The topological polar surface area (TPSA) is 70.6 Å². The van der Waals surface area contributed by atoms with Crippen LogP contribution in [0.25, 0.3) is 11.4 Å². The summed E-state index contributed by atoms with van der Waals surface area (Å²) in [4.78, 5) is 26.3. The molecule has 8 heteroatoms. The molecule has 33 heavy (non-hydrogen) atoms. The van der Waals surface area contributed by atoms with Gasteiger partial charge in [-0.2, -0.15) is 0 Å². The molecule has 1 aliphatic rings. The van der Waals surface area contributed by atoms with Crippen LogP contribution in [0.3, 0.4) is 0 Å². The summed E-state index contributed by atoms with van der Waals surface area (Å²) < 4.78 is 5.19. The van der Waals surface area contributed by atoms with Crippen LogP contribution in [0.15, 0.2) is 54.7 Å². The van der Waals surface area contributed by atoms with Gasteiger partial charge in [-0.1, -0.05) is 23.7 Å². The van der Waals surface area contributed by atoms with Crippen molar-refractivity contribution in [3.63, 3.8) is 0 Å². The van der Waals surface area contributed by atoms with E-state index < -0.39 is 5.97 Å². The summed E-state index contributed by atoms with van der Waals surface area (Å²) in [6.07, 6.45) is 1.50. The molecule has 4 rings (SSSR count). The number of piperazine rings is 1. The molecule has 0 bridgehead atoms. The van der Waals surface area contributed by atoms with Gasteiger partial charge >= 0.3 is 5.97 Å². The summed E-state index contributed by atoms with van der Waals surface area (Å²) in [6.45, 7) is 7.32. The standard InChI is InChI=1S/C25H28ClN5O2/c1-3-33-25(32)22-16-27-23(19-6-8-20(26)9-7-19)29-24(22)28-21-10-4-18(5-11-21)17-31-14-12-30(2)13-15-31/h4-11,16H,3,12-15,17H2,1-2H3,(H,27,28,29). The largest absolute Gasteiger partial charge is 0.462 e. The summed E-state index contributed by atoms with van der Waals surface area (Å²) in [5.74, 6) is 0.434. The van der Waals surface area contributed by atoms with Crippen LogP contribution in [0.1, 0.15) is 22.8 Å². The zero-order valence-electron chi connectivity index (χ0n) is 18.9. The molecule has 0 radical (unpaired) electrons. The van der Waals surface area contributed by atoms with Crippen LogP contribution in [0, 0.1) is 0 Å². The SMILES string of the molecule is CCOC(=O)c1cnc(-c2ccc(Cl)cc2)nc1Nc1ccc(CN2CCN(C)CC2)cc1. The van der Waals surface area contributed by atoms with Gasteiger partial charge < -0.3 is 15.0 Å². The van der Waals surface area contributed by atoms with Crippen molar-refractivity contribution >= 4 is 29.1 Å². The number of esters is 1. The molecule has 2 heterocycles. The molecule has 0 atom stereocenters. The smallest absolute Gasteiger partial charge is 0.343 e. The molecule has 0 amide bonds. The molecule has 7 nitrogen and oxygen atoms in total. The molecule has 172 valence electrons. The lowest BCUT2D eigenvalue weighted by Gasteiger charge is -2.32. The number of hydrogen-bond donors (Lipinski definition) is 1. The Kier molecular flexibility index (Phi) is 7.54. The molecule has 0 aliphatic carbocycles. The lowest BCUT2D eigenvalue weighted by molar-refractivity contribution is 0.0526. The van der Waals surface area contributed by atoms with Crippen molar-refractivity contribution < 1.29 is 9.53 Å². The number of benzene rings is 2. The van der Waals surface area contributed by atoms with E-state index in [4.69, 9.17) is 16.3 Å². The minimum atomic E-state index is -0.464. The molecule has 0 saturated carbocycles. The Morgan fingerprint density at radius 2 is 1.76 bits per heavy atom. The first-order chi connectivity index (χ1) is 16.0. The molecule has 2 aromatic carbocycles. The lowest BCUT2D eigenvalue weighted by Crippen LogP contribution is -2.43. The van der Waals surface area contributed by atoms with Crippen LogP contribution >= 0.6 is 11.6 Å². The number of rotatable bonds is 7. The molecular weight excluding hydrogens is 438 g/mol. The zero-order chi connectivity index (χ0) is 23.2. The molecule has 1 fully saturated rings. The van der Waals surface area contributed by atoms with Gasteiger partial charge in [-0.05, 0) is 55.9 Å². The van der Waals surface area contributed by atoms with Crippen LogP contribution in [-0.4, -0.2) is 65.6 Å². The first kappa shape index (κ1) is 23.2. The molecule has 0 spiro atoms. The highest BCUT2D eigenvalue weighted by Crippen LogP contribution is 2.25. The first-order valence-electron chi connectivity index (χ1n) is 11.1. The number of halogens is 1. The highest BCUT2D eigenvalue weighted by molar-refractivity contribution is 6.30. The molecule has 1 aromatic heterocycles. The van der Waals surface area contributed by atoms with Crippen LogP contribution in [-0.2, 0) is 11.3 Å². The van der Waals surface area contributed by atoms with Crippen molar-refractivity contribution in [1.29, 1.82) is 0 Å². The predicted octanol–water partition coefficient (Wildman–Crippen LogP) is 4.46. The summed E-state index contributed by atoms with van der Waals surface area (Å²) in [6, 6.07) is 15.5. The Morgan fingerprint density at radius 3 is 2.42 bits per heavy atom. The van der Waals surface area contributed by atoms with Crippen molar-refractivity contribution in [1.82, 2.24) is 19.8 Å². The number of carbonyl (C=O) groups is 1. The average Bonchev–Trinajstić information content (AvgIpc) is 2.82. The van der Waals surface area contributed by atoms with Gasteiger partial charge in [0.25, 0.3) is 0 Å². The van der Waals surface area contributed by atoms with Gasteiger partial charge in [-0.15, -0.1) is 0 Å². The zero-order valence-corrected chi connectivity index (χ0v) is 19.7. The van der Waals surface area contributed by atoms with Crippen LogP contribution in [0.2, 0.25) is 5.02 Å². The van der Waals surface area contributed by atoms with Gasteiger partial charge in [-0.25, -0.2) is 14.8 Å². The number of likely N-dealkylation sites (N-methyl/N-ethyl adjacent to an activating group) is 1. The van der Waals surface area contributed by atoms with E-state index >= 15 is 0 Å². The second-order valence-electron chi connectivity index (χ2n) is 8.08. The number of hydrogen-bond acceptors (Lipinski definition) is 7. The monoisotopic (exact) mass is 465 g/mol. The van der Waals surface area contributed by atoms with E-state index in [0.717, 1.165) is 44.0 Å². The fourth-order valence-electron chi connectivity index (χ4n) is 3.67. The highest BCUT2D eigenvalue weighted by atomic mass is 35.5. The minimum absolute atomic E-state index is 0.276. The number of anilines is 2. The number of nitrogens with one attached hydrogen (secondary N) is 1. The van der Waals surface area contributed by atoms with E-state index in [0.29, 0.717) is 16.7 Å². The third kappa shape index (κ3) is 6.07. The average molecular weight is 466 g/mol. The van der Waals surface area contributed by atoms with E-state index in [9.17, 15) is 4.79 Å². The maximum Gasteiger partial charge on any atom is 0.343 e. The number of aromatic nitrogens is 2. The van der Waals surface area contributed by atoms with Crippen molar-refractivity contribution in [2.45, 2.75) is 13.5 Å². The van der Waals surface area contributed by atoms with Gasteiger partial charge in [0.1, 0.15) is 11.4 Å². The second kappa shape index (κ2) is 10.7. The molecule has 3 aromatic rings. The van der Waals surface area contributed by atoms with E-state index in [-0.39, 0.29) is 12.2 Å². The Bertz CT molecular complexity index is 1080. The molecule has 1 N–H and O–H groups in total. The van der Waals surface area contributed by atoms with E-state index in [1.807, 2.05) is 24.3 Å². The maximum absolute atomic E-state index is 12.5. The third-order valence-corrected chi connectivity index (χ3v) is 5.86. The fraction of sp³-hybridized carbons (Fsp3) is 0.320. The van der Waals surface area contributed by atoms with Crippen molar-refractivity contribution in [2.75, 3.05) is 45.2 Å². The van der Waals surface area contributed by atoms with Crippen molar-refractivity contribution in [2.24, 2.45) is 0 Å². The first-order valence-corrected chi connectivity index (χ1v) is 11.5. The normalized spacial score (nSPS) is 14.8. The fourth-order valence-corrected chi connectivity index (χ4v) is 3.79. The Labute approximate surface area is 199 Å². The molecule has 1 saturated heterocycles. The van der Waals surface area contributed by atoms with Crippen LogP contribution < -0.4 is 5.32 Å². The summed E-state index contributed by atoms with van der Waals surface area (Å²) in [5, 5.41) is 3.91. The Morgan fingerprint density at radius 1 is 1.06 bits per heavy atom. The highest BCUT2D eigenvalue weighted by Gasteiger charge is 2.18. The maximum atomic E-state index is 12.5. The summed E-state index contributed by atoms with van der Waals surface area (Å²) in [7, 11) is 2.16. The van der Waals surface area contributed by atoms with Crippen molar-refractivity contribution in [3.05, 3.63) is 70.9 Å². The minimum Gasteiger partial charge on any atom is -0.462 e. The second-order valence-corrected chi connectivity index (χ2v) is 8.52. The van der Waals surface area contributed by atoms with Crippen molar-refractivity contribution in [3.8, 4) is 11.4 Å². The molecule has 0 unspecified atom stereocenters. The van der Waals surface area contributed by atoms with Gasteiger partial charge in [0.15, 0.2) is 5.82 Å². The molecular formula is C25H28ClN5O2. The Balaban J connectivity index is 1.54. The Hall–Kier alpha value is -3.00. The van der Waals surface area contributed by atoms with Crippen LogP contribution in [0.5, 0.6) is 0 Å². The van der Waals surface area contributed by atoms with Gasteiger partial charge in [-0.3, -0.25) is 4.90 Å². The number of carbonyl (C=O) groups excluding carboxylic acids is 1. The lowest BCUT2D eigenvalue weighted by atomic mass is 10.1. The third-order valence-electron chi connectivity index (χ3n) is 5.61. The van der Waals surface area contributed by atoms with Crippen LogP contribution in [0.4, 0.5) is 11.5 Å².